The highest BCUT2D eigenvalue weighted by molar-refractivity contribution is 7.14. The number of ether oxygens (including phenoxy) is 2. The fourth-order valence-electron chi connectivity index (χ4n) is 4.43. The van der Waals surface area contributed by atoms with E-state index >= 15 is 0 Å². The topological polar surface area (TPSA) is 65.1 Å². The number of thiophene rings is 1. The molecule has 0 unspecified atom stereocenters. The SMILES string of the molecule is C[C@H]1C[C@@]2(CCN1C(=O)OC(C)(C)C)OCCc1c2sc(C=O)c1CO[Si](C)(C)C(C)(C)C. The maximum absolute atomic E-state index is 12.7. The summed E-state index contributed by atoms with van der Waals surface area (Å²) in [7, 11) is -1.94. The van der Waals surface area contributed by atoms with Crippen molar-refractivity contribution in [2.45, 2.75) is 110 Å². The Hall–Kier alpha value is -1.22. The van der Waals surface area contributed by atoms with Gasteiger partial charge in [0.2, 0.25) is 0 Å². The van der Waals surface area contributed by atoms with E-state index in [2.05, 4.69) is 40.8 Å². The first-order chi connectivity index (χ1) is 15.1. The van der Waals surface area contributed by atoms with Crippen LogP contribution in [0, 0.1) is 0 Å². The second-order valence-electron chi connectivity index (χ2n) is 12.0. The number of rotatable bonds is 4. The van der Waals surface area contributed by atoms with Crippen LogP contribution in [0.2, 0.25) is 18.1 Å². The molecule has 2 aliphatic rings. The summed E-state index contributed by atoms with van der Waals surface area (Å²) in [5, 5.41) is 0.110. The van der Waals surface area contributed by atoms with E-state index in [-0.39, 0.29) is 17.2 Å². The van der Waals surface area contributed by atoms with Gasteiger partial charge in [0, 0.05) is 29.4 Å². The minimum Gasteiger partial charge on any atom is -0.444 e. The van der Waals surface area contributed by atoms with E-state index in [4.69, 9.17) is 13.9 Å². The molecule has 3 rings (SSSR count). The minimum atomic E-state index is -1.94. The third-order valence-electron chi connectivity index (χ3n) is 7.32. The minimum absolute atomic E-state index is 0.0201. The Balaban J connectivity index is 1.86. The third kappa shape index (κ3) is 5.39. The molecule has 6 nitrogen and oxygen atoms in total. The predicted molar refractivity (Wildman–Crippen MR) is 135 cm³/mol. The summed E-state index contributed by atoms with van der Waals surface area (Å²) < 4.78 is 18.6. The van der Waals surface area contributed by atoms with Crippen molar-refractivity contribution >= 4 is 32.0 Å². The molecular formula is C25H41NO5SSi. The molecular weight excluding hydrogens is 454 g/mol. The molecule has 0 bridgehead atoms. The average molecular weight is 496 g/mol. The zero-order valence-corrected chi connectivity index (χ0v) is 23.6. The third-order valence-corrected chi connectivity index (χ3v) is 13.2. The van der Waals surface area contributed by atoms with Gasteiger partial charge in [0.15, 0.2) is 14.6 Å². The summed E-state index contributed by atoms with van der Waals surface area (Å²) in [6.07, 6.45) is 2.89. The molecule has 1 amide bonds. The number of hydrogen-bond acceptors (Lipinski definition) is 6. The van der Waals surface area contributed by atoms with Crippen LogP contribution >= 0.6 is 11.3 Å². The van der Waals surface area contributed by atoms with Crippen LogP contribution in [0.4, 0.5) is 4.79 Å². The molecule has 0 aromatic carbocycles. The second kappa shape index (κ2) is 9.09. The molecule has 1 saturated heterocycles. The largest absolute Gasteiger partial charge is 0.444 e. The zero-order chi connectivity index (χ0) is 24.8. The molecule has 0 saturated carbocycles. The molecule has 0 aliphatic carbocycles. The van der Waals surface area contributed by atoms with Gasteiger partial charge in [0.1, 0.15) is 11.2 Å². The quantitative estimate of drug-likeness (QED) is 0.364. The maximum Gasteiger partial charge on any atom is 0.410 e. The van der Waals surface area contributed by atoms with E-state index in [1.165, 1.54) is 5.56 Å². The molecule has 8 heteroatoms. The number of carbonyl (C=O) groups excluding carboxylic acids is 2. The smallest absolute Gasteiger partial charge is 0.410 e. The van der Waals surface area contributed by atoms with Crippen LogP contribution < -0.4 is 0 Å². The highest BCUT2D eigenvalue weighted by atomic mass is 32.1. The molecule has 1 spiro atoms. The molecule has 3 heterocycles. The highest BCUT2D eigenvalue weighted by Crippen LogP contribution is 2.49. The normalized spacial score (nSPS) is 24.0. The predicted octanol–water partition coefficient (Wildman–Crippen LogP) is 6.27. The first-order valence-electron chi connectivity index (χ1n) is 12.0. The molecule has 1 aromatic heterocycles. The summed E-state index contributed by atoms with van der Waals surface area (Å²) in [6.45, 7) is 20.5. The van der Waals surface area contributed by atoms with Crippen LogP contribution in [0.15, 0.2) is 0 Å². The van der Waals surface area contributed by atoms with E-state index < -0.39 is 19.5 Å². The van der Waals surface area contributed by atoms with Gasteiger partial charge in [-0.05, 0) is 64.2 Å². The van der Waals surface area contributed by atoms with Gasteiger partial charge in [-0.15, -0.1) is 11.3 Å². The summed E-state index contributed by atoms with van der Waals surface area (Å²) in [5.41, 5.74) is 1.29. The first-order valence-corrected chi connectivity index (χ1v) is 15.7. The van der Waals surface area contributed by atoms with E-state index in [9.17, 15) is 9.59 Å². The lowest BCUT2D eigenvalue weighted by atomic mass is 9.81. The zero-order valence-electron chi connectivity index (χ0n) is 21.8. The monoisotopic (exact) mass is 495 g/mol. The Morgan fingerprint density at radius 2 is 1.94 bits per heavy atom. The van der Waals surface area contributed by atoms with Crippen LogP contribution in [0.3, 0.4) is 0 Å². The molecule has 2 aliphatic heterocycles. The average Bonchev–Trinajstić information content (AvgIpc) is 3.03. The number of hydrogen-bond donors (Lipinski definition) is 0. The van der Waals surface area contributed by atoms with E-state index in [0.29, 0.717) is 32.6 Å². The lowest BCUT2D eigenvalue weighted by Gasteiger charge is -2.47. The molecule has 0 radical (unpaired) electrons. The van der Waals surface area contributed by atoms with Crippen LogP contribution in [-0.4, -0.2) is 50.4 Å². The summed E-state index contributed by atoms with van der Waals surface area (Å²) in [6, 6.07) is -0.0201. The van der Waals surface area contributed by atoms with Gasteiger partial charge in [0.25, 0.3) is 0 Å². The highest BCUT2D eigenvalue weighted by Gasteiger charge is 2.47. The molecule has 186 valence electrons. The Morgan fingerprint density at radius 3 is 2.48 bits per heavy atom. The van der Waals surface area contributed by atoms with Crippen LogP contribution in [0.5, 0.6) is 0 Å². The molecule has 2 atom stereocenters. The van der Waals surface area contributed by atoms with Crippen molar-refractivity contribution in [2.75, 3.05) is 13.2 Å². The van der Waals surface area contributed by atoms with Gasteiger partial charge in [-0.2, -0.15) is 0 Å². The lowest BCUT2D eigenvalue weighted by molar-refractivity contribution is -0.108. The standard InChI is InChI=1S/C25H41NO5SSi/c1-17-14-25(11-12-26(17)22(28)31-23(2,3)4)21-18(10-13-29-25)19(20(15-27)32-21)16-30-33(8,9)24(5,6)7/h15,17H,10-14,16H2,1-9H3/t17-,25+/m0/s1. The lowest BCUT2D eigenvalue weighted by Crippen LogP contribution is -2.53. The van der Waals surface area contributed by atoms with E-state index in [0.717, 1.165) is 28.0 Å². The summed E-state index contributed by atoms with van der Waals surface area (Å²) in [5.74, 6) is 0. The number of amides is 1. The summed E-state index contributed by atoms with van der Waals surface area (Å²) in [4.78, 5) is 28.5. The van der Waals surface area contributed by atoms with Crippen molar-refractivity contribution in [1.29, 1.82) is 0 Å². The van der Waals surface area contributed by atoms with Gasteiger partial charge in [-0.1, -0.05) is 20.8 Å². The van der Waals surface area contributed by atoms with Crippen molar-refractivity contribution in [2.24, 2.45) is 0 Å². The van der Waals surface area contributed by atoms with Crippen LogP contribution in [0.1, 0.15) is 87.0 Å². The van der Waals surface area contributed by atoms with Crippen LogP contribution in [-0.2, 0) is 32.5 Å². The molecule has 33 heavy (non-hydrogen) atoms. The molecule has 1 fully saturated rings. The first kappa shape index (κ1) is 26.4. The van der Waals surface area contributed by atoms with Crippen molar-refractivity contribution in [3.63, 3.8) is 0 Å². The van der Waals surface area contributed by atoms with Gasteiger partial charge >= 0.3 is 6.09 Å². The fourth-order valence-corrected chi connectivity index (χ4v) is 6.72. The number of aldehydes is 1. The van der Waals surface area contributed by atoms with E-state index in [1.54, 1.807) is 11.3 Å². The van der Waals surface area contributed by atoms with Crippen molar-refractivity contribution < 1.29 is 23.5 Å². The van der Waals surface area contributed by atoms with Gasteiger partial charge in [-0.25, -0.2) is 4.79 Å². The number of piperidine rings is 1. The Morgan fingerprint density at radius 1 is 1.27 bits per heavy atom. The summed E-state index contributed by atoms with van der Waals surface area (Å²) >= 11 is 1.55. The van der Waals surface area contributed by atoms with Crippen molar-refractivity contribution in [3.8, 4) is 0 Å². The Bertz CT molecular complexity index is 898. The number of likely N-dealkylation sites (tertiary alicyclic amines) is 1. The second-order valence-corrected chi connectivity index (χ2v) is 17.9. The van der Waals surface area contributed by atoms with Crippen molar-refractivity contribution in [3.05, 3.63) is 20.9 Å². The van der Waals surface area contributed by atoms with Crippen molar-refractivity contribution in [1.82, 2.24) is 4.90 Å². The van der Waals surface area contributed by atoms with E-state index in [1.807, 2.05) is 25.7 Å². The maximum atomic E-state index is 12.7. The van der Waals surface area contributed by atoms with Gasteiger partial charge in [-0.3, -0.25) is 4.79 Å². The molecule has 1 aromatic rings. The van der Waals surface area contributed by atoms with Gasteiger partial charge < -0.3 is 18.8 Å². The number of carbonyl (C=O) groups is 2. The Labute approximate surface area is 204 Å². The van der Waals surface area contributed by atoms with Gasteiger partial charge in [0.05, 0.1) is 18.1 Å². The number of nitrogens with zero attached hydrogens (tertiary/aromatic N) is 1. The Kier molecular flexibility index (Phi) is 7.27. The molecule has 0 N–H and O–H groups in total. The fraction of sp³-hybridized carbons (Fsp3) is 0.760. The number of fused-ring (bicyclic) bond motifs is 2. The van der Waals surface area contributed by atoms with Crippen LogP contribution in [0.25, 0.3) is 0 Å².